The standard InChI is InChI=1S/C14H12O3/c1-9-8-10-6-7-16-13(10)11-4-2-3-5-12(11)17-14(9)15/h2-7,9H,8H2,1H3. The van der Waals surface area contributed by atoms with Crippen molar-refractivity contribution < 1.29 is 13.9 Å². The van der Waals surface area contributed by atoms with Gasteiger partial charge < -0.3 is 9.15 Å². The van der Waals surface area contributed by atoms with Gasteiger partial charge >= 0.3 is 5.97 Å². The lowest BCUT2D eigenvalue weighted by Gasteiger charge is -2.17. The number of ether oxygens (including phenoxy) is 1. The third kappa shape index (κ3) is 1.64. The highest BCUT2D eigenvalue weighted by atomic mass is 16.5. The molecule has 86 valence electrons. The highest BCUT2D eigenvalue weighted by molar-refractivity contribution is 5.81. The number of para-hydroxylation sites is 1. The molecule has 1 aromatic heterocycles. The Morgan fingerprint density at radius 1 is 1.24 bits per heavy atom. The molecule has 1 aromatic carbocycles. The molecule has 1 aliphatic rings. The van der Waals surface area contributed by atoms with Gasteiger partial charge in [0.15, 0.2) is 0 Å². The maximum absolute atomic E-state index is 11.8. The summed E-state index contributed by atoms with van der Waals surface area (Å²) < 4.78 is 10.9. The summed E-state index contributed by atoms with van der Waals surface area (Å²) in [5.74, 6) is 1.03. The van der Waals surface area contributed by atoms with Gasteiger partial charge in [-0.3, -0.25) is 4.79 Å². The van der Waals surface area contributed by atoms with Crippen LogP contribution in [0, 0.1) is 5.92 Å². The molecule has 0 radical (unpaired) electrons. The summed E-state index contributed by atoms with van der Waals surface area (Å²) in [7, 11) is 0. The number of esters is 1. The first-order valence-electron chi connectivity index (χ1n) is 5.63. The second-order valence-corrected chi connectivity index (χ2v) is 4.30. The van der Waals surface area contributed by atoms with Crippen LogP contribution in [0.25, 0.3) is 11.3 Å². The van der Waals surface area contributed by atoms with Crippen LogP contribution in [0.2, 0.25) is 0 Å². The molecule has 0 N–H and O–H groups in total. The minimum atomic E-state index is -0.190. The van der Waals surface area contributed by atoms with Crippen molar-refractivity contribution in [3.05, 3.63) is 42.2 Å². The number of hydrogen-bond acceptors (Lipinski definition) is 3. The minimum Gasteiger partial charge on any atom is -0.464 e. The summed E-state index contributed by atoms with van der Waals surface area (Å²) in [5, 5.41) is 0. The smallest absolute Gasteiger partial charge is 0.314 e. The summed E-state index contributed by atoms with van der Waals surface area (Å²) in [5.41, 5.74) is 1.90. The third-order valence-electron chi connectivity index (χ3n) is 3.02. The monoisotopic (exact) mass is 228 g/mol. The highest BCUT2D eigenvalue weighted by Gasteiger charge is 2.25. The van der Waals surface area contributed by atoms with E-state index in [0.717, 1.165) is 16.9 Å². The molecule has 3 heteroatoms. The molecule has 17 heavy (non-hydrogen) atoms. The van der Waals surface area contributed by atoms with Crippen molar-refractivity contribution in [3.8, 4) is 17.1 Å². The Kier molecular flexibility index (Phi) is 2.25. The quantitative estimate of drug-likeness (QED) is 0.514. The molecular formula is C14H12O3. The van der Waals surface area contributed by atoms with Crippen molar-refractivity contribution in [1.29, 1.82) is 0 Å². The molecule has 0 spiro atoms. The molecule has 0 bridgehead atoms. The van der Waals surface area contributed by atoms with E-state index >= 15 is 0 Å². The van der Waals surface area contributed by atoms with Gasteiger partial charge in [0.05, 0.1) is 17.7 Å². The van der Waals surface area contributed by atoms with Crippen molar-refractivity contribution in [2.45, 2.75) is 13.3 Å². The van der Waals surface area contributed by atoms with E-state index in [1.807, 2.05) is 31.2 Å². The van der Waals surface area contributed by atoms with Crippen LogP contribution in [-0.2, 0) is 11.2 Å². The molecule has 0 saturated carbocycles. The molecule has 1 atom stereocenters. The van der Waals surface area contributed by atoms with Gasteiger partial charge in [-0.15, -0.1) is 0 Å². The lowest BCUT2D eigenvalue weighted by molar-refractivity contribution is -0.138. The van der Waals surface area contributed by atoms with E-state index in [-0.39, 0.29) is 11.9 Å². The Hall–Kier alpha value is -2.03. The Morgan fingerprint density at radius 3 is 2.94 bits per heavy atom. The number of fused-ring (bicyclic) bond motifs is 3. The lowest BCUT2D eigenvalue weighted by Crippen LogP contribution is -2.21. The summed E-state index contributed by atoms with van der Waals surface area (Å²) in [6.07, 6.45) is 2.31. The maximum atomic E-state index is 11.8. The van der Waals surface area contributed by atoms with Gasteiger partial charge in [0.2, 0.25) is 0 Å². The average molecular weight is 228 g/mol. The van der Waals surface area contributed by atoms with E-state index in [2.05, 4.69) is 0 Å². The van der Waals surface area contributed by atoms with E-state index in [1.165, 1.54) is 0 Å². The fourth-order valence-electron chi connectivity index (χ4n) is 2.10. The number of furan rings is 1. The van der Waals surface area contributed by atoms with Crippen LogP contribution in [0.5, 0.6) is 5.75 Å². The minimum absolute atomic E-state index is 0.153. The average Bonchev–Trinajstić information content (AvgIpc) is 2.76. The van der Waals surface area contributed by atoms with E-state index in [0.29, 0.717) is 12.2 Å². The second-order valence-electron chi connectivity index (χ2n) is 4.30. The van der Waals surface area contributed by atoms with Crippen molar-refractivity contribution in [1.82, 2.24) is 0 Å². The molecule has 2 heterocycles. The molecule has 0 amide bonds. The van der Waals surface area contributed by atoms with E-state index in [9.17, 15) is 4.79 Å². The number of hydrogen-bond donors (Lipinski definition) is 0. The first kappa shape index (κ1) is 10.1. The van der Waals surface area contributed by atoms with Crippen LogP contribution >= 0.6 is 0 Å². The van der Waals surface area contributed by atoms with E-state index in [4.69, 9.17) is 9.15 Å². The number of carbonyl (C=O) groups excluding carboxylic acids is 1. The van der Waals surface area contributed by atoms with Gasteiger partial charge in [-0.1, -0.05) is 19.1 Å². The third-order valence-corrected chi connectivity index (χ3v) is 3.02. The van der Waals surface area contributed by atoms with Gasteiger partial charge in [0, 0.05) is 0 Å². The van der Waals surface area contributed by atoms with Gasteiger partial charge in [-0.2, -0.15) is 0 Å². The van der Waals surface area contributed by atoms with Crippen molar-refractivity contribution in [2.75, 3.05) is 0 Å². The molecule has 0 fully saturated rings. The Labute approximate surface area is 99.0 Å². The normalized spacial score (nSPS) is 18.6. The van der Waals surface area contributed by atoms with Crippen LogP contribution in [0.4, 0.5) is 0 Å². The van der Waals surface area contributed by atoms with Crippen LogP contribution in [0.15, 0.2) is 41.0 Å². The maximum Gasteiger partial charge on any atom is 0.314 e. The fraction of sp³-hybridized carbons (Fsp3) is 0.214. The van der Waals surface area contributed by atoms with Gasteiger partial charge in [-0.05, 0) is 30.2 Å². The van der Waals surface area contributed by atoms with Crippen LogP contribution in [0.3, 0.4) is 0 Å². The Balaban J connectivity index is 2.21. The number of benzene rings is 1. The first-order valence-corrected chi connectivity index (χ1v) is 5.63. The predicted molar refractivity (Wildman–Crippen MR) is 62.6 cm³/mol. The van der Waals surface area contributed by atoms with Crippen molar-refractivity contribution in [3.63, 3.8) is 0 Å². The fourth-order valence-corrected chi connectivity index (χ4v) is 2.10. The lowest BCUT2D eigenvalue weighted by atomic mass is 9.97. The van der Waals surface area contributed by atoms with Crippen LogP contribution in [0.1, 0.15) is 12.5 Å². The molecule has 3 nitrogen and oxygen atoms in total. The molecular weight excluding hydrogens is 216 g/mol. The van der Waals surface area contributed by atoms with Gasteiger partial charge in [0.25, 0.3) is 0 Å². The zero-order valence-electron chi connectivity index (χ0n) is 9.47. The van der Waals surface area contributed by atoms with Crippen molar-refractivity contribution in [2.24, 2.45) is 5.92 Å². The van der Waals surface area contributed by atoms with E-state index < -0.39 is 0 Å². The molecule has 0 aliphatic carbocycles. The summed E-state index contributed by atoms with van der Waals surface area (Å²) >= 11 is 0. The van der Waals surface area contributed by atoms with Crippen LogP contribution < -0.4 is 4.74 Å². The van der Waals surface area contributed by atoms with Crippen molar-refractivity contribution >= 4 is 5.97 Å². The highest BCUT2D eigenvalue weighted by Crippen LogP contribution is 2.36. The topological polar surface area (TPSA) is 39.4 Å². The number of carbonyl (C=O) groups is 1. The zero-order valence-corrected chi connectivity index (χ0v) is 9.47. The first-order chi connectivity index (χ1) is 8.25. The summed E-state index contributed by atoms with van der Waals surface area (Å²) in [6.45, 7) is 1.87. The molecule has 2 aromatic rings. The number of rotatable bonds is 0. The molecule has 0 saturated heterocycles. The van der Waals surface area contributed by atoms with Crippen LogP contribution in [-0.4, -0.2) is 5.97 Å². The second kappa shape index (κ2) is 3.77. The summed E-state index contributed by atoms with van der Waals surface area (Å²) in [6, 6.07) is 9.37. The molecule has 1 unspecified atom stereocenters. The van der Waals surface area contributed by atoms with Gasteiger partial charge in [-0.25, -0.2) is 0 Å². The SMILES string of the molecule is CC1Cc2ccoc2-c2ccccc2OC1=O. The molecule has 3 rings (SSSR count). The Bertz CT molecular complexity index is 568. The van der Waals surface area contributed by atoms with E-state index in [1.54, 1.807) is 12.3 Å². The van der Waals surface area contributed by atoms with Gasteiger partial charge in [0.1, 0.15) is 11.5 Å². The Morgan fingerprint density at radius 2 is 2.06 bits per heavy atom. The predicted octanol–water partition coefficient (Wildman–Crippen LogP) is 3.04. The summed E-state index contributed by atoms with van der Waals surface area (Å²) in [4.78, 5) is 11.8. The largest absolute Gasteiger partial charge is 0.464 e. The zero-order chi connectivity index (χ0) is 11.8. The molecule has 1 aliphatic heterocycles.